The third kappa shape index (κ3) is 12.8. The van der Waals surface area contributed by atoms with Gasteiger partial charge in [-0.25, -0.2) is 0 Å². The number of carboxylic acid groups (broad SMARTS) is 1. The molecule has 0 aliphatic carbocycles. The predicted molar refractivity (Wildman–Crippen MR) is 181 cm³/mol. The number of ether oxygens (including phenoxy) is 1. The van der Waals surface area contributed by atoms with Crippen LogP contribution in [0, 0.1) is 0 Å². The maximum Gasteiger partial charge on any atom is 0.305 e. The number of amides is 6. The molecule has 9 atom stereocenters. The molecule has 0 unspecified atom stereocenters. The molecule has 16 N–H and O–H groups in total. The Hall–Kier alpha value is -5.62. The average molecular weight is 768 g/mol. The van der Waals surface area contributed by atoms with Gasteiger partial charge in [-0.1, -0.05) is 12.1 Å². The number of guanidine groups is 1. The van der Waals surface area contributed by atoms with E-state index in [0.717, 1.165) is 0 Å². The van der Waals surface area contributed by atoms with Gasteiger partial charge in [-0.15, -0.1) is 0 Å². The highest BCUT2D eigenvalue weighted by Crippen LogP contribution is 2.20. The monoisotopic (exact) mass is 767 g/mol. The smallest absolute Gasteiger partial charge is 0.305 e. The molecule has 2 aliphatic heterocycles. The summed E-state index contributed by atoms with van der Waals surface area (Å²) in [6.07, 6.45) is -10.8. The van der Waals surface area contributed by atoms with E-state index in [1.54, 1.807) is 0 Å². The van der Waals surface area contributed by atoms with Gasteiger partial charge < -0.3 is 78.7 Å². The normalized spacial score (nSPS) is 28.4. The highest BCUT2D eigenvalue weighted by Gasteiger charge is 2.44. The Balaban J connectivity index is 2.00. The number of nitrogens with two attached hydrogens (primary N) is 2. The largest absolute Gasteiger partial charge is 0.508 e. The van der Waals surface area contributed by atoms with Crippen molar-refractivity contribution >= 4 is 47.4 Å². The number of benzene rings is 1. The summed E-state index contributed by atoms with van der Waals surface area (Å²) >= 11 is 0. The average Bonchev–Trinajstić information content (AvgIpc) is 3.11. The van der Waals surface area contributed by atoms with Crippen molar-refractivity contribution in [1.82, 2.24) is 31.9 Å². The molecule has 2 heterocycles. The highest BCUT2D eigenvalue weighted by molar-refractivity contribution is 5.99. The minimum Gasteiger partial charge on any atom is -0.508 e. The van der Waals surface area contributed by atoms with Gasteiger partial charge >= 0.3 is 5.97 Å². The van der Waals surface area contributed by atoms with Gasteiger partial charge in [0.05, 0.1) is 26.0 Å². The van der Waals surface area contributed by atoms with Gasteiger partial charge in [-0.3, -0.25) is 38.6 Å². The standard InChI is InChI=1S/C31H45N9O14/c32-31(33)34-7-1-2-15-26(50)35-11-21(44)36-18(10-22(45)46)29(53)38-16(8-13-3-5-14(42)6-4-13)27(51)39-17(28(52)37-15)9-20(43)40-30-25(49)24(48)23(47)19(12-41)54-30/h3-6,15-19,23-25,30,41-42,47-49H,1-2,7-12H2,(H,35,50)(H,36,44)(H,37,52)(H,38,53)(H,39,51)(H,40,43)(H,45,46)(H4,32,33,34)/t15-,16+,17-,18-,19+,23+,24-,25+,30+/m0/s1. The lowest BCUT2D eigenvalue weighted by molar-refractivity contribution is -0.236. The van der Waals surface area contributed by atoms with Crippen LogP contribution in [0.3, 0.4) is 0 Å². The van der Waals surface area contributed by atoms with E-state index in [1.165, 1.54) is 24.3 Å². The van der Waals surface area contributed by atoms with Crippen molar-refractivity contribution in [2.24, 2.45) is 16.5 Å². The molecule has 6 amide bonds. The molecule has 298 valence electrons. The quantitative estimate of drug-likeness (QED) is 0.0534. The fourth-order valence-electron chi connectivity index (χ4n) is 5.42. The Morgan fingerprint density at radius 2 is 1.41 bits per heavy atom. The molecule has 3 rings (SSSR count). The SMILES string of the molecule is NC(N)=NCCC[C@@H]1NC(=O)[C@H](CC(=O)N[C@@H]2O[C@H](CO)[C@@H](O)[C@H](O)[C@H]2O)NC(=O)[C@@H](Cc2ccc(O)cc2)NC(=O)[C@H](CC(=O)O)NC(=O)CNC1=O. The molecule has 0 radical (unpaired) electrons. The summed E-state index contributed by atoms with van der Waals surface area (Å²) in [5.41, 5.74) is 11.1. The van der Waals surface area contributed by atoms with E-state index in [1.807, 2.05) is 0 Å². The minimum atomic E-state index is -1.90. The molecule has 2 aliphatic rings. The van der Waals surface area contributed by atoms with Crippen LogP contribution < -0.4 is 43.4 Å². The summed E-state index contributed by atoms with van der Waals surface area (Å²) in [5.74, 6) is -8.24. The van der Waals surface area contributed by atoms with E-state index in [4.69, 9.17) is 16.2 Å². The molecule has 0 spiro atoms. The van der Waals surface area contributed by atoms with E-state index in [9.17, 15) is 64.2 Å². The Labute approximate surface area is 306 Å². The van der Waals surface area contributed by atoms with Crippen molar-refractivity contribution in [2.75, 3.05) is 19.7 Å². The van der Waals surface area contributed by atoms with E-state index < -0.39 is 122 Å². The maximum absolute atomic E-state index is 13.9. The van der Waals surface area contributed by atoms with Crippen LogP contribution in [0.5, 0.6) is 5.75 Å². The van der Waals surface area contributed by atoms with Gasteiger partial charge in [0, 0.05) is 13.0 Å². The molecular formula is C31H45N9O14. The predicted octanol–water partition coefficient (Wildman–Crippen LogP) is -7.16. The summed E-state index contributed by atoms with van der Waals surface area (Å²) < 4.78 is 5.29. The van der Waals surface area contributed by atoms with Crippen LogP contribution in [-0.4, -0.2) is 153 Å². The maximum atomic E-state index is 13.9. The minimum absolute atomic E-state index is 0.00767. The second-order valence-corrected chi connectivity index (χ2v) is 12.5. The molecular weight excluding hydrogens is 722 g/mol. The first-order valence-electron chi connectivity index (χ1n) is 16.6. The molecule has 1 aromatic carbocycles. The first kappa shape index (κ1) is 42.8. The number of nitrogens with zero attached hydrogens (tertiary/aromatic N) is 1. The molecule has 0 aromatic heterocycles. The first-order chi connectivity index (χ1) is 25.5. The van der Waals surface area contributed by atoms with Crippen molar-refractivity contribution in [3.8, 4) is 5.75 Å². The third-order valence-electron chi connectivity index (χ3n) is 8.26. The molecule has 23 nitrogen and oxygen atoms in total. The van der Waals surface area contributed by atoms with E-state index in [-0.39, 0.29) is 37.5 Å². The molecule has 54 heavy (non-hydrogen) atoms. The van der Waals surface area contributed by atoms with Gasteiger partial charge in [0.15, 0.2) is 12.2 Å². The van der Waals surface area contributed by atoms with E-state index >= 15 is 0 Å². The zero-order valence-corrected chi connectivity index (χ0v) is 28.7. The summed E-state index contributed by atoms with van der Waals surface area (Å²) in [6, 6.07) is -1.24. The van der Waals surface area contributed by atoms with Crippen molar-refractivity contribution in [3.05, 3.63) is 29.8 Å². The summed E-state index contributed by atoms with van der Waals surface area (Å²) in [5, 5.41) is 73.0. The number of aromatic hydroxyl groups is 1. The van der Waals surface area contributed by atoms with Gasteiger partial charge in [-0.2, -0.15) is 0 Å². The number of aliphatic hydroxyl groups excluding tert-OH is 4. The molecule has 0 bridgehead atoms. The number of carboxylic acids is 1. The topological polar surface area (TPSA) is 387 Å². The van der Waals surface area contributed by atoms with Crippen LogP contribution in [0.25, 0.3) is 0 Å². The van der Waals surface area contributed by atoms with Gasteiger partial charge in [0.1, 0.15) is 54.3 Å². The number of aliphatic carboxylic acids is 1. The number of hydrogen-bond donors (Lipinski definition) is 14. The zero-order chi connectivity index (χ0) is 40.1. The van der Waals surface area contributed by atoms with Gasteiger partial charge in [0.2, 0.25) is 35.4 Å². The second kappa shape index (κ2) is 20.0. The zero-order valence-electron chi connectivity index (χ0n) is 28.7. The second-order valence-electron chi connectivity index (χ2n) is 12.5. The molecule has 1 aromatic rings. The van der Waals surface area contributed by atoms with E-state index in [0.29, 0.717) is 5.56 Å². The van der Waals surface area contributed by atoms with Gasteiger partial charge in [0.25, 0.3) is 0 Å². The van der Waals surface area contributed by atoms with Crippen molar-refractivity contribution < 1.29 is 68.9 Å². The summed E-state index contributed by atoms with van der Waals surface area (Å²) in [7, 11) is 0. The molecule has 23 heteroatoms. The van der Waals surface area contributed by atoms with E-state index in [2.05, 4.69) is 36.9 Å². The van der Waals surface area contributed by atoms with Crippen LogP contribution in [0.4, 0.5) is 0 Å². The lowest BCUT2D eigenvalue weighted by atomic mass is 9.98. The number of phenolic OH excluding ortho intramolecular Hbond substituents is 1. The van der Waals surface area contributed by atoms with Crippen molar-refractivity contribution in [1.29, 1.82) is 0 Å². The summed E-state index contributed by atoms with van der Waals surface area (Å²) in [6.45, 7) is -1.58. The van der Waals surface area contributed by atoms with Crippen molar-refractivity contribution in [3.63, 3.8) is 0 Å². The van der Waals surface area contributed by atoms with Crippen LogP contribution in [0.2, 0.25) is 0 Å². The number of phenols is 1. The first-order valence-corrected chi connectivity index (χ1v) is 16.6. The Morgan fingerprint density at radius 3 is 2.02 bits per heavy atom. The number of aliphatic imine (C=N–C) groups is 1. The lowest BCUT2D eigenvalue weighted by Crippen LogP contribution is -2.64. The van der Waals surface area contributed by atoms with Crippen LogP contribution >= 0.6 is 0 Å². The van der Waals surface area contributed by atoms with Crippen LogP contribution in [-0.2, 0) is 44.7 Å². The Kier molecular flexibility index (Phi) is 15.9. The molecule has 0 saturated carbocycles. The number of rotatable bonds is 12. The highest BCUT2D eigenvalue weighted by atomic mass is 16.6. The van der Waals surface area contributed by atoms with Crippen LogP contribution in [0.15, 0.2) is 29.3 Å². The fraction of sp³-hybridized carbons (Fsp3) is 0.548. The van der Waals surface area contributed by atoms with Crippen LogP contribution in [0.1, 0.15) is 31.2 Å². The lowest BCUT2D eigenvalue weighted by Gasteiger charge is -2.40. The Bertz CT molecular complexity index is 1560. The summed E-state index contributed by atoms with van der Waals surface area (Å²) in [4.78, 5) is 95.7. The van der Waals surface area contributed by atoms with Crippen molar-refractivity contribution in [2.45, 2.75) is 86.9 Å². The fourth-order valence-corrected chi connectivity index (χ4v) is 5.42. The third-order valence-corrected chi connectivity index (χ3v) is 8.26. The number of aliphatic hydroxyl groups is 4. The number of hydrogen-bond acceptors (Lipinski definition) is 14. The number of carbonyl (C=O) groups is 7. The Morgan fingerprint density at radius 1 is 0.815 bits per heavy atom. The molecule has 2 fully saturated rings. The number of carbonyl (C=O) groups excluding carboxylic acids is 6. The number of nitrogens with one attached hydrogen (secondary N) is 6. The molecule has 2 saturated heterocycles. The van der Waals surface area contributed by atoms with Gasteiger partial charge in [-0.05, 0) is 30.5 Å².